The molecule has 4 aromatic carbocycles. The maximum Gasteiger partial charge on any atom is 2.00 e. The number of hydrogen-bond donors (Lipinski definition) is 1. The Morgan fingerprint density at radius 2 is 1.27 bits per heavy atom. The van der Waals surface area contributed by atoms with Crippen molar-refractivity contribution in [3.63, 3.8) is 0 Å². The molecule has 2 heterocycles. The standard InChI is InChI=1S/C32H46O2.C21H20N4.Pt/c1-12-23-13-24(18(2)3)14-26(20(6)7)31(23)29(33)17-30(34)32-27(21(8)9)15-25(19(4)5)16-28(32)22(10)11;1-21(2,3)18-14-22-19-20(23-18)25(17-12-8-5-9-13-17)15-24(19)16-10-6-4-7-11-16;/h13-22,34H,12H2,1-11H3;4-12,14-15H,1-3H3;/q;-2;+2/b30-17-;;. The van der Waals surface area contributed by atoms with Gasteiger partial charge in [0, 0.05) is 28.3 Å². The van der Waals surface area contributed by atoms with Gasteiger partial charge in [0.15, 0.2) is 5.78 Å². The van der Waals surface area contributed by atoms with Crippen LogP contribution in [-0.2, 0) is 32.9 Å². The molecule has 0 bridgehead atoms. The largest absolute Gasteiger partial charge is 2.00 e. The predicted molar refractivity (Wildman–Crippen MR) is 249 cm³/mol. The second-order valence-electron chi connectivity index (χ2n) is 18.3. The molecule has 320 valence electrons. The van der Waals surface area contributed by atoms with Gasteiger partial charge >= 0.3 is 21.1 Å². The van der Waals surface area contributed by atoms with Crippen molar-refractivity contribution in [2.75, 3.05) is 9.80 Å². The molecule has 60 heavy (non-hydrogen) atoms. The molecule has 0 saturated carbocycles. The molecule has 1 aliphatic rings. The van der Waals surface area contributed by atoms with Gasteiger partial charge in [0.05, 0.1) is 11.9 Å². The number of nitrogens with zero attached hydrogens (tertiary/aromatic N) is 4. The van der Waals surface area contributed by atoms with Crippen LogP contribution >= 0.6 is 0 Å². The number of benzene rings is 4. The van der Waals surface area contributed by atoms with Crippen molar-refractivity contribution in [1.29, 1.82) is 0 Å². The van der Waals surface area contributed by atoms with Crippen molar-refractivity contribution in [2.45, 2.75) is 138 Å². The molecule has 0 atom stereocenters. The van der Waals surface area contributed by atoms with Crippen molar-refractivity contribution in [3.8, 4) is 0 Å². The van der Waals surface area contributed by atoms with Crippen LogP contribution in [0, 0.1) is 12.7 Å². The van der Waals surface area contributed by atoms with Gasteiger partial charge in [0.1, 0.15) is 17.4 Å². The Hall–Kier alpha value is -4.54. The molecule has 1 aromatic heterocycles. The molecule has 1 N–H and O–H groups in total. The van der Waals surface area contributed by atoms with E-state index in [0.717, 1.165) is 68.5 Å². The van der Waals surface area contributed by atoms with E-state index in [-0.39, 0.29) is 55.8 Å². The Morgan fingerprint density at radius 1 is 0.733 bits per heavy atom. The van der Waals surface area contributed by atoms with Crippen LogP contribution in [0.4, 0.5) is 23.0 Å². The smallest absolute Gasteiger partial charge is 0.507 e. The number of allylic oxidation sites excluding steroid dienone is 1. The van der Waals surface area contributed by atoms with Crippen LogP contribution in [0.3, 0.4) is 0 Å². The Bertz CT molecular complexity index is 2220. The van der Waals surface area contributed by atoms with Gasteiger partial charge in [0.2, 0.25) is 0 Å². The molecule has 1 aliphatic heterocycles. The first-order chi connectivity index (χ1) is 27.8. The topological polar surface area (TPSA) is 69.6 Å². The molecule has 6 rings (SSSR count). The van der Waals surface area contributed by atoms with Gasteiger partial charge in [-0.05, 0) is 81.5 Å². The van der Waals surface area contributed by atoms with E-state index in [1.165, 1.54) is 17.2 Å². The minimum absolute atomic E-state index is 0. The molecule has 0 aliphatic carbocycles. The third kappa shape index (κ3) is 10.8. The second kappa shape index (κ2) is 20.3. The van der Waals surface area contributed by atoms with Gasteiger partial charge in [-0.1, -0.05) is 139 Å². The first kappa shape index (κ1) is 48.1. The second-order valence-corrected chi connectivity index (χ2v) is 18.3. The summed E-state index contributed by atoms with van der Waals surface area (Å²) in [6, 6.07) is 30.2. The van der Waals surface area contributed by atoms with E-state index in [2.05, 4.69) is 144 Å². The summed E-state index contributed by atoms with van der Waals surface area (Å²) in [6.45, 7) is 32.2. The summed E-state index contributed by atoms with van der Waals surface area (Å²) in [7, 11) is 0. The minimum atomic E-state index is -0.106. The fraction of sp³-hybridized carbons (Fsp3) is 0.396. The average molecular weight is 986 g/mol. The van der Waals surface area contributed by atoms with Gasteiger partial charge < -0.3 is 14.9 Å². The van der Waals surface area contributed by atoms with E-state index in [0.29, 0.717) is 11.8 Å². The van der Waals surface area contributed by atoms with Gasteiger partial charge in [0.25, 0.3) is 0 Å². The van der Waals surface area contributed by atoms with E-state index in [4.69, 9.17) is 9.97 Å². The zero-order chi connectivity index (χ0) is 43.3. The molecule has 7 heteroatoms. The van der Waals surface area contributed by atoms with Gasteiger partial charge in [-0.3, -0.25) is 4.79 Å². The molecule has 0 saturated heterocycles. The van der Waals surface area contributed by atoms with Crippen LogP contribution in [0.25, 0.3) is 5.76 Å². The fourth-order valence-corrected chi connectivity index (χ4v) is 7.42. The summed E-state index contributed by atoms with van der Waals surface area (Å²) in [5, 5.41) is 11.4. The Morgan fingerprint density at radius 3 is 1.75 bits per heavy atom. The van der Waals surface area contributed by atoms with E-state index < -0.39 is 0 Å². The van der Waals surface area contributed by atoms with Crippen molar-refractivity contribution >= 4 is 34.6 Å². The number of aliphatic hydroxyl groups excluding tert-OH is 1. The maximum atomic E-state index is 13.7. The number of rotatable bonds is 11. The minimum Gasteiger partial charge on any atom is -0.507 e. The number of aryl methyl sites for hydroxylation is 1. The zero-order valence-electron chi connectivity index (χ0n) is 38.3. The van der Waals surface area contributed by atoms with E-state index in [1.807, 2.05) is 60.2 Å². The molecule has 0 radical (unpaired) electrons. The first-order valence-electron chi connectivity index (χ1n) is 21.5. The number of para-hydroxylation sites is 2. The fourth-order valence-electron chi connectivity index (χ4n) is 7.42. The summed E-state index contributed by atoms with van der Waals surface area (Å²) in [5.74, 6) is 3.13. The molecule has 6 nitrogen and oxygen atoms in total. The summed E-state index contributed by atoms with van der Waals surface area (Å²) in [6.07, 6.45) is 4.13. The number of aliphatic hydroxyl groups is 1. The number of carbonyl (C=O) groups is 1. The number of carbonyl (C=O) groups excluding carboxylic acids is 1. The van der Waals surface area contributed by atoms with Crippen LogP contribution in [0.2, 0.25) is 0 Å². The molecule has 0 amide bonds. The maximum absolute atomic E-state index is 13.7. The first-order valence-corrected chi connectivity index (χ1v) is 21.5. The normalized spacial score (nSPS) is 12.9. The van der Waals surface area contributed by atoms with Crippen LogP contribution in [0.15, 0.2) is 91.1 Å². The quantitative estimate of drug-likeness (QED) is 0.0615. The average Bonchev–Trinajstić information content (AvgIpc) is 3.59. The number of aromatic nitrogens is 2. The molecule has 5 aromatic rings. The number of hydrogen-bond acceptors (Lipinski definition) is 6. The number of ketones is 1. The Balaban J connectivity index is 0.000000270. The van der Waals surface area contributed by atoms with Crippen molar-refractivity contribution in [2.24, 2.45) is 0 Å². The van der Waals surface area contributed by atoms with E-state index in [9.17, 15) is 9.90 Å². The van der Waals surface area contributed by atoms with Crippen molar-refractivity contribution < 1.29 is 31.0 Å². The van der Waals surface area contributed by atoms with Crippen LogP contribution in [0.5, 0.6) is 0 Å². The van der Waals surface area contributed by atoms with E-state index >= 15 is 0 Å². The Kier molecular flexibility index (Phi) is 16.3. The molecule has 0 unspecified atom stereocenters. The number of fused-ring (bicyclic) bond motifs is 1. The third-order valence-electron chi connectivity index (χ3n) is 11.0. The molecular formula is C53H66N4O2Pt. The molecule has 0 spiro atoms. The third-order valence-corrected chi connectivity index (χ3v) is 11.0. The monoisotopic (exact) mass is 985 g/mol. The van der Waals surface area contributed by atoms with Crippen molar-refractivity contribution in [3.05, 3.63) is 154 Å². The number of anilines is 4. The molecular weight excluding hydrogens is 920 g/mol. The van der Waals surface area contributed by atoms with Crippen LogP contribution in [0.1, 0.15) is 182 Å². The van der Waals surface area contributed by atoms with Gasteiger partial charge in [-0.2, -0.15) is 30.3 Å². The zero-order valence-corrected chi connectivity index (χ0v) is 40.6. The summed E-state index contributed by atoms with van der Waals surface area (Å²) in [5.41, 5.74) is 11.4. The Labute approximate surface area is 375 Å². The van der Waals surface area contributed by atoms with Gasteiger partial charge in [-0.15, -0.1) is 12.4 Å². The molecule has 0 fully saturated rings. The van der Waals surface area contributed by atoms with Crippen molar-refractivity contribution in [1.82, 2.24) is 9.97 Å². The van der Waals surface area contributed by atoms with Gasteiger partial charge in [-0.25, -0.2) is 9.97 Å². The summed E-state index contributed by atoms with van der Waals surface area (Å²) < 4.78 is 0. The summed E-state index contributed by atoms with van der Waals surface area (Å²) in [4.78, 5) is 27.5. The summed E-state index contributed by atoms with van der Waals surface area (Å²) >= 11 is 0. The van der Waals surface area contributed by atoms with Crippen LogP contribution in [-0.4, -0.2) is 20.9 Å². The SMILES string of the molecule is CC(C)(C)c1cnc2c(n1)N(c1[c-]cccc1)[CH-]N2c1ccccc1.CCc1cc(C(C)C)cc(C(C)C)c1C(=O)/C=C(\O)c1c(C(C)C)cc(C(C)C)cc1C(C)C.[Pt+2]. The predicted octanol–water partition coefficient (Wildman–Crippen LogP) is 14.6. The van der Waals surface area contributed by atoms with Crippen LogP contribution < -0.4 is 9.80 Å². The van der Waals surface area contributed by atoms with E-state index in [1.54, 1.807) is 0 Å².